The summed E-state index contributed by atoms with van der Waals surface area (Å²) in [4.78, 5) is 3.33. The van der Waals surface area contributed by atoms with Crippen molar-refractivity contribution in [1.29, 1.82) is 0 Å². The van der Waals surface area contributed by atoms with E-state index < -0.39 is 0 Å². The number of aromatic nitrogens is 1. The molecule has 2 aromatic carbocycles. The SMILES string of the molecule is CC(Cc1c[nH]c2ccccc12)NCc1ccc(-c2ccc(O)cc2)o1. The van der Waals surface area contributed by atoms with Crippen LogP contribution in [0.4, 0.5) is 0 Å². The summed E-state index contributed by atoms with van der Waals surface area (Å²) in [5.41, 5.74) is 3.46. The number of furan rings is 1. The monoisotopic (exact) mass is 346 g/mol. The number of nitrogens with one attached hydrogen (secondary N) is 2. The highest BCUT2D eigenvalue weighted by Crippen LogP contribution is 2.24. The van der Waals surface area contributed by atoms with Crippen LogP contribution < -0.4 is 5.32 Å². The molecule has 26 heavy (non-hydrogen) atoms. The molecule has 0 aliphatic rings. The number of phenols is 1. The normalized spacial score (nSPS) is 12.5. The summed E-state index contributed by atoms with van der Waals surface area (Å²) in [5, 5.41) is 14.2. The molecule has 0 amide bonds. The molecule has 0 radical (unpaired) electrons. The summed E-state index contributed by atoms with van der Waals surface area (Å²) < 4.78 is 5.92. The molecule has 4 heteroatoms. The van der Waals surface area contributed by atoms with Crippen LogP contribution in [0.1, 0.15) is 18.2 Å². The Morgan fingerprint density at radius 2 is 1.85 bits per heavy atom. The summed E-state index contributed by atoms with van der Waals surface area (Å²) in [6, 6.07) is 19.7. The minimum atomic E-state index is 0.258. The number of hydrogen-bond acceptors (Lipinski definition) is 3. The zero-order valence-electron chi connectivity index (χ0n) is 14.7. The maximum absolute atomic E-state index is 9.38. The van der Waals surface area contributed by atoms with Gasteiger partial charge in [-0.25, -0.2) is 0 Å². The number of rotatable bonds is 6. The van der Waals surface area contributed by atoms with Crippen molar-refractivity contribution in [2.45, 2.75) is 25.9 Å². The van der Waals surface area contributed by atoms with Crippen LogP contribution in [0.15, 0.2) is 71.3 Å². The Bertz CT molecular complexity index is 998. The van der Waals surface area contributed by atoms with Gasteiger partial charge in [0.25, 0.3) is 0 Å². The van der Waals surface area contributed by atoms with Crippen LogP contribution in [0.2, 0.25) is 0 Å². The molecule has 0 fully saturated rings. The van der Waals surface area contributed by atoms with Gasteiger partial charge >= 0.3 is 0 Å². The van der Waals surface area contributed by atoms with Gasteiger partial charge in [-0.2, -0.15) is 0 Å². The van der Waals surface area contributed by atoms with E-state index in [1.54, 1.807) is 12.1 Å². The zero-order chi connectivity index (χ0) is 17.9. The van der Waals surface area contributed by atoms with E-state index >= 15 is 0 Å². The number of aromatic hydroxyl groups is 1. The lowest BCUT2D eigenvalue weighted by atomic mass is 10.1. The molecule has 4 rings (SSSR count). The zero-order valence-corrected chi connectivity index (χ0v) is 14.7. The Balaban J connectivity index is 1.37. The molecule has 0 saturated heterocycles. The lowest BCUT2D eigenvalue weighted by Gasteiger charge is -2.12. The Morgan fingerprint density at radius 1 is 1.04 bits per heavy atom. The van der Waals surface area contributed by atoms with Crippen LogP contribution in [0.25, 0.3) is 22.2 Å². The van der Waals surface area contributed by atoms with Crippen LogP contribution in [0.5, 0.6) is 5.75 Å². The van der Waals surface area contributed by atoms with Crippen molar-refractivity contribution in [3.8, 4) is 17.1 Å². The quantitative estimate of drug-likeness (QED) is 0.467. The summed E-state index contributed by atoms with van der Waals surface area (Å²) >= 11 is 0. The molecule has 1 unspecified atom stereocenters. The van der Waals surface area contributed by atoms with Crippen molar-refractivity contribution in [3.63, 3.8) is 0 Å². The van der Waals surface area contributed by atoms with E-state index in [2.05, 4.69) is 41.6 Å². The van der Waals surface area contributed by atoms with Crippen molar-refractivity contribution in [2.24, 2.45) is 0 Å². The van der Waals surface area contributed by atoms with E-state index in [4.69, 9.17) is 4.42 Å². The van der Waals surface area contributed by atoms with Gasteiger partial charge in [0, 0.05) is 28.7 Å². The lowest BCUT2D eigenvalue weighted by molar-refractivity contribution is 0.460. The van der Waals surface area contributed by atoms with E-state index in [1.807, 2.05) is 30.3 Å². The minimum absolute atomic E-state index is 0.258. The molecule has 4 aromatic rings. The fourth-order valence-corrected chi connectivity index (χ4v) is 3.23. The van der Waals surface area contributed by atoms with Gasteiger partial charge in [-0.05, 0) is 61.4 Å². The minimum Gasteiger partial charge on any atom is -0.508 e. The lowest BCUT2D eigenvalue weighted by Crippen LogP contribution is -2.27. The van der Waals surface area contributed by atoms with Gasteiger partial charge < -0.3 is 19.8 Å². The molecule has 0 aliphatic heterocycles. The predicted molar refractivity (Wildman–Crippen MR) is 104 cm³/mol. The van der Waals surface area contributed by atoms with Gasteiger partial charge in [-0.1, -0.05) is 18.2 Å². The number of phenolic OH excluding ortho intramolecular Hbond substituents is 1. The van der Waals surface area contributed by atoms with Crippen LogP contribution in [0.3, 0.4) is 0 Å². The molecule has 132 valence electrons. The van der Waals surface area contributed by atoms with Gasteiger partial charge in [0.15, 0.2) is 0 Å². The van der Waals surface area contributed by atoms with Crippen LogP contribution in [-0.4, -0.2) is 16.1 Å². The Morgan fingerprint density at radius 3 is 2.69 bits per heavy atom. The first kappa shape index (κ1) is 16.5. The highest BCUT2D eigenvalue weighted by Gasteiger charge is 2.10. The molecular weight excluding hydrogens is 324 g/mol. The Labute approximate surface area is 152 Å². The van der Waals surface area contributed by atoms with Crippen molar-refractivity contribution in [3.05, 3.63) is 78.2 Å². The van der Waals surface area contributed by atoms with Gasteiger partial charge in [-0.15, -0.1) is 0 Å². The topological polar surface area (TPSA) is 61.2 Å². The summed E-state index contributed by atoms with van der Waals surface area (Å²) in [5.74, 6) is 1.97. The third kappa shape index (κ3) is 3.51. The van der Waals surface area contributed by atoms with Gasteiger partial charge in [0.1, 0.15) is 17.3 Å². The molecule has 1 atom stereocenters. The fraction of sp³-hybridized carbons (Fsp3) is 0.182. The average molecular weight is 346 g/mol. The van der Waals surface area contributed by atoms with Gasteiger partial charge in [0.05, 0.1) is 6.54 Å². The number of para-hydroxylation sites is 1. The standard InChI is InChI=1S/C22H22N2O2/c1-15(12-17-13-24-21-5-3-2-4-20(17)21)23-14-19-10-11-22(26-19)16-6-8-18(25)9-7-16/h2-11,13,15,23-25H,12,14H2,1H3. The molecule has 2 heterocycles. The fourth-order valence-electron chi connectivity index (χ4n) is 3.23. The number of aromatic amines is 1. The van der Waals surface area contributed by atoms with Gasteiger partial charge in [0.2, 0.25) is 0 Å². The summed E-state index contributed by atoms with van der Waals surface area (Å²) in [6.45, 7) is 2.87. The molecule has 2 aromatic heterocycles. The van der Waals surface area contributed by atoms with E-state index in [9.17, 15) is 5.11 Å². The summed E-state index contributed by atoms with van der Waals surface area (Å²) in [6.07, 6.45) is 3.05. The third-order valence-electron chi connectivity index (χ3n) is 4.64. The Kier molecular flexibility index (Phi) is 4.50. The number of H-pyrrole nitrogens is 1. The van der Waals surface area contributed by atoms with E-state index in [1.165, 1.54) is 16.5 Å². The molecule has 0 spiro atoms. The van der Waals surface area contributed by atoms with Crippen molar-refractivity contribution < 1.29 is 9.52 Å². The van der Waals surface area contributed by atoms with Crippen molar-refractivity contribution >= 4 is 10.9 Å². The van der Waals surface area contributed by atoms with Crippen LogP contribution in [0, 0.1) is 0 Å². The number of benzene rings is 2. The van der Waals surface area contributed by atoms with Crippen LogP contribution >= 0.6 is 0 Å². The first-order valence-corrected chi connectivity index (χ1v) is 8.85. The molecule has 3 N–H and O–H groups in total. The second-order valence-corrected chi connectivity index (χ2v) is 6.66. The number of fused-ring (bicyclic) bond motifs is 1. The van der Waals surface area contributed by atoms with Gasteiger partial charge in [-0.3, -0.25) is 0 Å². The largest absolute Gasteiger partial charge is 0.508 e. The highest BCUT2D eigenvalue weighted by atomic mass is 16.3. The van der Waals surface area contributed by atoms with Crippen molar-refractivity contribution in [1.82, 2.24) is 10.3 Å². The summed E-state index contributed by atoms with van der Waals surface area (Å²) in [7, 11) is 0. The first-order valence-electron chi connectivity index (χ1n) is 8.85. The van der Waals surface area contributed by atoms with Crippen LogP contribution in [-0.2, 0) is 13.0 Å². The van der Waals surface area contributed by atoms with E-state index in [0.29, 0.717) is 12.6 Å². The second kappa shape index (κ2) is 7.10. The first-order chi connectivity index (χ1) is 12.7. The second-order valence-electron chi connectivity index (χ2n) is 6.66. The molecule has 0 bridgehead atoms. The predicted octanol–water partition coefficient (Wildman–Crippen LogP) is 4.85. The molecular formula is C22H22N2O2. The molecule has 4 nitrogen and oxygen atoms in total. The third-order valence-corrected chi connectivity index (χ3v) is 4.64. The smallest absolute Gasteiger partial charge is 0.134 e. The van der Waals surface area contributed by atoms with E-state index in [0.717, 1.165) is 23.5 Å². The molecule has 0 aliphatic carbocycles. The van der Waals surface area contributed by atoms with E-state index in [-0.39, 0.29) is 5.75 Å². The highest BCUT2D eigenvalue weighted by molar-refractivity contribution is 5.83. The average Bonchev–Trinajstić information content (AvgIpc) is 3.28. The number of hydrogen-bond donors (Lipinski definition) is 3. The maximum atomic E-state index is 9.38. The Hall–Kier alpha value is -2.98. The maximum Gasteiger partial charge on any atom is 0.134 e. The molecule has 0 saturated carbocycles. The van der Waals surface area contributed by atoms with Crippen molar-refractivity contribution in [2.75, 3.05) is 0 Å².